The van der Waals surface area contributed by atoms with E-state index in [4.69, 9.17) is 10.3 Å². The molecular weight excluding hydrogens is 364 g/mol. The number of nitrogens with one attached hydrogen (secondary N) is 1. The van der Waals surface area contributed by atoms with Gasteiger partial charge in [-0.2, -0.15) is 0 Å². The summed E-state index contributed by atoms with van der Waals surface area (Å²) in [7, 11) is 0. The van der Waals surface area contributed by atoms with E-state index in [2.05, 4.69) is 36.2 Å². The van der Waals surface area contributed by atoms with Gasteiger partial charge in [0.2, 0.25) is 5.88 Å². The first-order chi connectivity index (χ1) is 13.8. The zero-order chi connectivity index (χ0) is 20.6. The molecular formula is C23H22N4O2. The Morgan fingerprint density at radius 3 is 2.52 bits per heavy atom. The number of pyridine rings is 1. The molecule has 4 rings (SSSR count). The van der Waals surface area contributed by atoms with Gasteiger partial charge in [0, 0.05) is 11.1 Å². The van der Waals surface area contributed by atoms with E-state index < -0.39 is 0 Å². The number of aromatic nitrogens is 2. The van der Waals surface area contributed by atoms with Crippen molar-refractivity contribution in [1.82, 2.24) is 10.1 Å². The number of nitrogen functional groups attached to an aromatic ring is 1. The van der Waals surface area contributed by atoms with Crippen molar-refractivity contribution >= 4 is 28.4 Å². The van der Waals surface area contributed by atoms with Crippen LogP contribution in [0.1, 0.15) is 36.7 Å². The highest BCUT2D eigenvalue weighted by Gasteiger charge is 2.25. The van der Waals surface area contributed by atoms with Crippen LogP contribution >= 0.6 is 0 Å². The smallest absolute Gasteiger partial charge is 0.263 e. The Morgan fingerprint density at radius 1 is 1.00 bits per heavy atom. The Hall–Kier alpha value is -3.67. The number of carbonyl (C=O) groups excluding carboxylic acids is 1. The Bertz CT molecular complexity index is 1200. The summed E-state index contributed by atoms with van der Waals surface area (Å²) in [6, 6.07) is 19.2. The summed E-state index contributed by atoms with van der Waals surface area (Å²) in [5.74, 6) is -0.425. The summed E-state index contributed by atoms with van der Waals surface area (Å²) in [5.41, 5.74) is 9.39. The second-order valence-corrected chi connectivity index (χ2v) is 7.91. The average Bonchev–Trinajstić information content (AvgIpc) is 3.09. The number of carbonyl (C=O) groups is 1. The van der Waals surface area contributed by atoms with Crippen LogP contribution in [0.25, 0.3) is 22.3 Å². The third-order valence-electron chi connectivity index (χ3n) is 4.77. The van der Waals surface area contributed by atoms with Crippen LogP contribution in [-0.2, 0) is 5.41 Å². The molecule has 146 valence electrons. The molecule has 0 aliphatic rings. The molecule has 0 fully saturated rings. The topological polar surface area (TPSA) is 94.0 Å². The monoisotopic (exact) mass is 386 g/mol. The molecule has 0 radical (unpaired) electrons. The van der Waals surface area contributed by atoms with Gasteiger partial charge in [0.15, 0.2) is 0 Å². The van der Waals surface area contributed by atoms with Gasteiger partial charge in [-0.15, -0.1) is 0 Å². The van der Waals surface area contributed by atoms with Gasteiger partial charge in [-0.1, -0.05) is 68.4 Å². The number of anilines is 2. The third-order valence-corrected chi connectivity index (χ3v) is 4.77. The van der Waals surface area contributed by atoms with Gasteiger partial charge in [0.25, 0.3) is 5.91 Å². The summed E-state index contributed by atoms with van der Waals surface area (Å²) in [5, 5.41) is 7.96. The lowest BCUT2D eigenvalue weighted by molar-refractivity contribution is 0.102. The van der Waals surface area contributed by atoms with E-state index in [1.807, 2.05) is 54.6 Å². The van der Waals surface area contributed by atoms with Crippen LogP contribution < -0.4 is 11.1 Å². The van der Waals surface area contributed by atoms with Gasteiger partial charge in [-0.3, -0.25) is 4.79 Å². The predicted octanol–water partition coefficient (Wildman–Crippen LogP) is 5.02. The van der Waals surface area contributed by atoms with E-state index in [1.165, 1.54) is 0 Å². The highest BCUT2D eigenvalue weighted by atomic mass is 16.5. The standard InChI is InChI=1S/C23H22N4O2/c1-23(2,3)15-9-5-7-11-17(15)26-22(28)19-20(27-29-21(19)24)18-13-12-14-8-4-6-10-16(14)25-18/h4-13H,24H2,1-3H3,(H,26,28). The molecule has 0 saturated carbocycles. The zero-order valence-electron chi connectivity index (χ0n) is 16.6. The molecule has 0 aliphatic carbocycles. The van der Waals surface area contributed by atoms with E-state index in [9.17, 15) is 4.79 Å². The maximum Gasteiger partial charge on any atom is 0.263 e. The van der Waals surface area contributed by atoms with Crippen molar-refractivity contribution in [1.29, 1.82) is 0 Å². The fourth-order valence-corrected chi connectivity index (χ4v) is 3.33. The van der Waals surface area contributed by atoms with Gasteiger partial charge in [0.1, 0.15) is 11.3 Å². The molecule has 0 atom stereocenters. The average molecular weight is 386 g/mol. The first-order valence-electron chi connectivity index (χ1n) is 9.37. The third kappa shape index (κ3) is 3.57. The van der Waals surface area contributed by atoms with Gasteiger partial charge in [-0.25, -0.2) is 4.98 Å². The number of benzene rings is 2. The molecule has 0 bridgehead atoms. The second kappa shape index (κ2) is 7.05. The molecule has 29 heavy (non-hydrogen) atoms. The van der Waals surface area contributed by atoms with E-state index in [-0.39, 0.29) is 22.8 Å². The normalized spacial score (nSPS) is 11.6. The molecule has 0 spiro atoms. The van der Waals surface area contributed by atoms with Gasteiger partial charge in [-0.05, 0) is 29.2 Å². The van der Waals surface area contributed by atoms with Gasteiger partial charge in [0.05, 0.1) is 11.2 Å². The number of amides is 1. The summed E-state index contributed by atoms with van der Waals surface area (Å²) < 4.78 is 5.15. The molecule has 6 heteroatoms. The van der Waals surface area contributed by atoms with Crippen LogP contribution in [0, 0.1) is 0 Å². The number of nitrogens with zero attached hydrogens (tertiary/aromatic N) is 2. The number of nitrogens with two attached hydrogens (primary N) is 1. The maximum absolute atomic E-state index is 13.1. The van der Waals surface area contributed by atoms with Crippen molar-refractivity contribution in [3.63, 3.8) is 0 Å². The highest BCUT2D eigenvalue weighted by Crippen LogP contribution is 2.32. The quantitative estimate of drug-likeness (QED) is 0.515. The molecule has 2 aromatic heterocycles. The minimum absolute atomic E-state index is 0.0410. The van der Waals surface area contributed by atoms with Crippen molar-refractivity contribution < 1.29 is 9.32 Å². The van der Waals surface area contributed by atoms with Crippen molar-refractivity contribution in [2.75, 3.05) is 11.1 Å². The first kappa shape index (κ1) is 18.7. The summed E-state index contributed by atoms with van der Waals surface area (Å²) in [6.45, 7) is 6.28. The molecule has 2 heterocycles. The molecule has 0 aliphatic heterocycles. The lowest BCUT2D eigenvalue weighted by Crippen LogP contribution is -2.19. The molecule has 4 aromatic rings. The number of para-hydroxylation sites is 2. The van der Waals surface area contributed by atoms with Crippen LogP contribution in [0.2, 0.25) is 0 Å². The lowest BCUT2D eigenvalue weighted by Gasteiger charge is -2.23. The van der Waals surface area contributed by atoms with Crippen LogP contribution in [0.4, 0.5) is 11.6 Å². The second-order valence-electron chi connectivity index (χ2n) is 7.91. The minimum atomic E-state index is -0.384. The molecule has 0 saturated heterocycles. The number of fused-ring (bicyclic) bond motifs is 1. The lowest BCUT2D eigenvalue weighted by atomic mass is 9.86. The number of rotatable bonds is 3. The van der Waals surface area contributed by atoms with Crippen LogP contribution in [-0.4, -0.2) is 16.0 Å². The molecule has 1 amide bonds. The van der Waals surface area contributed by atoms with Crippen molar-refractivity contribution in [3.8, 4) is 11.4 Å². The zero-order valence-corrected chi connectivity index (χ0v) is 16.6. The molecule has 6 nitrogen and oxygen atoms in total. The Morgan fingerprint density at radius 2 is 1.72 bits per heavy atom. The summed E-state index contributed by atoms with van der Waals surface area (Å²) >= 11 is 0. The minimum Gasteiger partial charge on any atom is -0.367 e. The molecule has 2 aromatic carbocycles. The predicted molar refractivity (Wildman–Crippen MR) is 115 cm³/mol. The fourth-order valence-electron chi connectivity index (χ4n) is 3.33. The Balaban J connectivity index is 1.73. The largest absolute Gasteiger partial charge is 0.367 e. The maximum atomic E-state index is 13.1. The molecule has 0 unspecified atom stereocenters. The number of hydrogen-bond acceptors (Lipinski definition) is 5. The van der Waals surface area contributed by atoms with Gasteiger partial charge >= 0.3 is 0 Å². The van der Waals surface area contributed by atoms with E-state index in [0.717, 1.165) is 22.2 Å². The summed E-state index contributed by atoms with van der Waals surface area (Å²) in [6.07, 6.45) is 0. The molecule has 3 N–H and O–H groups in total. The highest BCUT2D eigenvalue weighted by molar-refractivity contribution is 6.11. The Labute approximate surface area is 168 Å². The van der Waals surface area contributed by atoms with Crippen LogP contribution in [0.15, 0.2) is 65.2 Å². The van der Waals surface area contributed by atoms with Crippen LogP contribution in [0.5, 0.6) is 0 Å². The van der Waals surface area contributed by atoms with E-state index >= 15 is 0 Å². The van der Waals surface area contributed by atoms with Crippen LogP contribution in [0.3, 0.4) is 0 Å². The van der Waals surface area contributed by atoms with Crippen molar-refractivity contribution in [2.24, 2.45) is 0 Å². The van der Waals surface area contributed by atoms with Crippen molar-refractivity contribution in [3.05, 3.63) is 71.8 Å². The Kier molecular flexibility index (Phi) is 4.54. The van der Waals surface area contributed by atoms with E-state index in [1.54, 1.807) is 6.07 Å². The fraction of sp³-hybridized carbons (Fsp3) is 0.174. The first-order valence-corrected chi connectivity index (χ1v) is 9.37. The van der Waals surface area contributed by atoms with E-state index in [0.29, 0.717) is 11.4 Å². The SMILES string of the molecule is CC(C)(C)c1ccccc1NC(=O)c1c(-c2ccc3ccccc3n2)noc1N. The van der Waals surface area contributed by atoms with Crippen molar-refractivity contribution in [2.45, 2.75) is 26.2 Å². The van der Waals surface area contributed by atoms with Gasteiger partial charge < -0.3 is 15.6 Å². The summed E-state index contributed by atoms with van der Waals surface area (Å²) in [4.78, 5) is 17.7. The number of hydrogen-bond donors (Lipinski definition) is 2.